The lowest BCUT2D eigenvalue weighted by Gasteiger charge is -2.33. The minimum absolute atomic E-state index is 0.0684. The van der Waals surface area contributed by atoms with E-state index in [1.54, 1.807) is 18.3 Å². The molecule has 0 aliphatic carbocycles. The Bertz CT molecular complexity index is 1270. The summed E-state index contributed by atoms with van der Waals surface area (Å²) in [4.78, 5) is 18.8. The molecule has 2 unspecified atom stereocenters. The molecule has 32 heavy (non-hydrogen) atoms. The molecule has 5 rings (SSSR count). The molecule has 3 N–H and O–H groups in total. The number of benzene rings is 1. The number of hydrogen-bond acceptors (Lipinski definition) is 7. The molecular weight excluding hydrogens is 415 g/mol. The van der Waals surface area contributed by atoms with Crippen LogP contribution in [0.3, 0.4) is 0 Å². The average molecular weight is 434 g/mol. The largest absolute Gasteiger partial charge is 0.390 e. The number of β-amino-alcohol motifs (C(OH)–C–C–N with tert-alkyl or cyclic N) is 1. The molecule has 9 nitrogen and oxygen atoms in total. The number of aliphatic hydroxyl groups is 2. The van der Waals surface area contributed by atoms with Crippen LogP contribution in [0.1, 0.15) is 28.0 Å². The highest BCUT2D eigenvalue weighted by Crippen LogP contribution is 2.31. The molecule has 1 fully saturated rings. The average Bonchev–Trinajstić information content (AvgIpc) is 3.42. The zero-order chi connectivity index (χ0) is 22.4. The lowest BCUT2D eigenvalue weighted by molar-refractivity contribution is 0.00785. The zero-order valence-electron chi connectivity index (χ0n) is 16.9. The van der Waals surface area contributed by atoms with Gasteiger partial charge in [0.05, 0.1) is 58.6 Å². The molecule has 3 aromatic rings. The second-order valence-electron chi connectivity index (χ2n) is 7.79. The van der Waals surface area contributed by atoms with E-state index in [-0.39, 0.29) is 35.8 Å². The van der Waals surface area contributed by atoms with E-state index < -0.39 is 18.0 Å². The van der Waals surface area contributed by atoms with E-state index in [1.165, 1.54) is 22.9 Å². The van der Waals surface area contributed by atoms with Crippen molar-refractivity contribution in [2.75, 3.05) is 18.0 Å². The van der Waals surface area contributed by atoms with E-state index in [0.717, 1.165) is 0 Å². The quantitative estimate of drug-likeness (QED) is 0.564. The van der Waals surface area contributed by atoms with Gasteiger partial charge in [-0.2, -0.15) is 10.4 Å². The molecule has 0 spiro atoms. The highest BCUT2D eigenvalue weighted by molar-refractivity contribution is 6.01. The number of aromatic nitrogens is 3. The smallest absolute Gasteiger partial charge is 0.255 e. The van der Waals surface area contributed by atoms with Gasteiger partial charge in [0.15, 0.2) is 5.82 Å². The normalized spacial score (nSPS) is 20.1. The van der Waals surface area contributed by atoms with Crippen molar-refractivity contribution in [2.45, 2.75) is 25.2 Å². The van der Waals surface area contributed by atoms with Gasteiger partial charge in [-0.15, -0.1) is 0 Å². The number of hydrogen-bond donors (Lipinski definition) is 3. The lowest BCUT2D eigenvalue weighted by Crippen LogP contribution is -2.46. The number of pyridine rings is 1. The maximum absolute atomic E-state index is 14.7. The Morgan fingerprint density at radius 3 is 2.84 bits per heavy atom. The Labute approximate surface area is 182 Å². The number of rotatable bonds is 3. The summed E-state index contributed by atoms with van der Waals surface area (Å²) >= 11 is 0. The molecule has 2 atom stereocenters. The third-order valence-electron chi connectivity index (χ3n) is 5.80. The summed E-state index contributed by atoms with van der Waals surface area (Å²) in [5, 5.41) is 36.5. The van der Waals surface area contributed by atoms with Gasteiger partial charge in [-0.05, 0) is 24.6 Å². The summed E-state index contributed by atoms with van der Waals surface area (Å²) in [5.74, 6) is -0.316. The zero-order valence-corrected chi connectivity index (χ0v) is 16.9. The number of piperidine rings is 1. The Balaban J connectivity index is 1.61. The van der Waals surface area contributed by atoms with Crippen molar-refractivity contribution in [1.29, 1.82) is 5.26 Å². The van der Waals surface area contributed by atoms with Crippen LogP contribution in [0.4, 0.5) is 10.2 Å². The molecule has 2 aliphatic rings. The van der Waals surface area contributed by atoms with E-state index in [1.807, 2.05) is 11.0 Å². The maximum Gasteiger partial charge on any atom is 0.255 e. The lowest BCUT2D eigenvalue weighted by atomic mass is 10.0. The first-order chi connectivity index (χ1) is 15.5. The number of carbonyl (C=O) groups is 1. The molecule has 2 aliphatic heterocycles. The second-order valence-corrected chi connectivity index (χ2v) is 7.79. The minimum Gasteiger partial charge on any atom is -0.390 e. The molecule has 1 aromatic carbocycles. The van der Waals surface area contributed by atoms with Gasteiger partial charge >= 0.3 is 0 Å². The van der Waals surface area contributed by atoms with Crippen molar-refractivity contribution in [2.24, 2.45) is 0 Å². The summed E-state index contributed by atoms with van der Waals surface area (Å²) in [6, 6.07) is 9.51. The van der Waals surface area contributed by atoms with Gasteiger partial charge in [0.2, 0.25) is 0 Å². The third-order valence-corrected chi connectivity index (χ3v) is 5.80. The number of fused-ring (bicyclic) bond motifs is 1. The fourth-order valence-corrected chi connectivity index (χ4v) is 4.14. The van der Waals surface area contributed by atoms with Crippen LogP contribution in [0.5, 0.6) is 0 Å². The van der Waals surface area contributed by atoms with Gasteiger partial charge in [-0.3, -0.25) is 4.79 Å². The molecule has 4 heterocycles. The van der Waals surface area contributed by atoms with Crippen LogP contribution in [0, 0.1) is 17.1 Å². The number of nitrogens with zero attached hydrogens (tertiary/aromatic N) is 5. The van der Waals surface area contributed by atoms with Gasteiger partial charge in [-0.25, -0.2) is 14.1 Å². The second kappa shape index (κ2) is 7.71. The monoisotopic (exact) mass is 434 g/mol. The van der Waals surface area contributed by atoms with Crippen molar-refractivity contribution in [1.82, 2.24) is 20.1 Å². The molecule has 0 bridgehead atoms. The van der Waals surface area contributed by atoms with Crippen LogP contribution in [0.15, 0.2) is 36.5 Å². The predicted molar refractivity (Wildman–Crippen MR) is 111 cm³/mol. The summed E-state index contributed by atoms with van der Waals surface area (Å²) < 4.78 is 16.2. The molecule has 162 valence electrons. The number of halogens is 1. The van der Waals surface area contributed by atoms with Crippen LogP contribution in [0.2, 0.25) is 0 Å². The summed E-state index contributed by atoms with van der Waals surface area (Å²) in [6.45, 7) is 0.949. The predicted octanol–water partition coefficient (Wildman–Crippen LogP) is 1.12. The highest BCUT2D eigenvalue weighted by Gasteiger charge is 2.30. The molecule has 1 amide bonds. The summed E-state index contributed by atoms with van der Waals surface area (Å²) in [6.07, 6.45) is 0.444. The number of nitriles is 1. The van der Waals surface area contributed by atoms with E-state index in [0.29, 0.717) is 35.7 Å². The fourth-order valence-electron chi connectivity index (χ4n) is 4.14. The molecular formula is C22H19FN6O3. The molecule has 2 aromatic heterocycles. The SMILES string of the molecule is N#Cc1cccc(F)c1-c1cc(-n2ccc(N3CCC(O)C(O)C3)n2)c2c(n1)CNC2=O. The first-order valence-corrected chi connectivity index (χ1v) is 10.1. The van der Waals surface area contributed by atoms with Crippen molar-refractivity contribution in [3.63, 3.8) is 0 Å². The van der Waals surface area contributed by atoms with Gasteiger partial charge in [0.1, 0.15) is 5.82 Å². The standard InChI is InChI=1S/C22H19FN6O3/c23-13-3-1-2-12(9-24)20(13)14-8-16(21-15(26-14)10-25-22(21)32)29-7-5-19(27-29)28-6-4-17(30)18(31)11-28/h1-3,5,7-8,17-18,30-31H,4,6,10-11H2,(H,25,32). The van der Waals surface area contributed by atoms with E-state index in [2.05, 4.69) is 15.4 Å². The van der Waals surface area contributed by atoms with Gasteiger partial charge in [0, 0.05) is 25.4 Å². The molecule has 0 saturated carbocycles. The number of nitrogens with one attached hydrogen (secondary N) is 1. The molecule has 10 heteroatoms. The number of anilines is 1. The van der Waals surface area contributed by atoms with E-state index >= 15 is 0 Å². The molecule has 1 saturated heterocycles. The van der Waals surface area contributed by atoms with Crippen molar-refractivity contribution in [3.05, 3.63) is 59.2 Å². The number of carbonyl (C=O) groups excluding carboxylic acids is 1. The Morgan fingerprint density at radius 2 is 2.06 bits per heavy atom. The van der Waals surface area contributed by atoms with Crippen molar-refractivity contribution >= 4 is 11.7 Å². The third kappa shape index (κ3) is 3.28. The van der Waals surface area contributed by atoms with Crippen LogP contribution >= 0.6 is 0 Å². The van der Waals surface area contributed by atoms with E-state index in [9.17, 15) is 24.7 Å². The van der Waals surface area contributed by atoms with Crippen molar-refractivity contribution in [3.8, 4) is 23.0 Å². The number of amides is 1. The Kier molecular flexibility index (Phi) is 4.84. The van der Waals surface area contributed by atoms with Gasteiger partial charge < -0.3 is 20.4 Å². The minimum atomic E-state index is -0.873. The van der Waals surface area contributed by atoms with Gasteiger partial charge in [0.25, 0.3) is 5.91 Å². The molecule has 0 radical (unpaired) electrons. The van der Waals surface area contributed by atoms with Crippen LogP contribution < -0.4 is 10.2 Å². The Morgan fingerprint density at radius 1 is 1.22 bits per heavy atom. The van der Waals surface area contributed by atoms with E-state index in [4.69, 9.17) is 0 Å². The summed E-state index contributed by atoms with van der Waals surface area (Å²) in [7, 11) is 0. The highest BCUT2D eigenvalue weighted by atomic mass is 19.1. The fraction of sp³-hybridized carbons (Fsp3) is 0.273. The maximum atomic E-state index is 14.7. The van der Waals surface area contributed by atoms with Crippen molar-refractivity contribution < 1.29 is 19.4 Å². The Hall–Kier alpha value is -3.81. The number of aliphatic hydroxyl groups excluding tert-OH is 2. The first kappa shape index (κ1) is 20.1. The first-order valence-electron chi connectivity index (χ1n) is 10.1. The van der Waals surface area contributed by atoms with Crippen LogP contribution in [0.25, 0.3) is 16.9 Å². The van der Waals surface area contributed by atoms with Crippen LogP contribution in [-0.4, -0.2) is 56.2 Å². The topological polar surface area (TPSA) is 127 Å². The van der Waals surface area contributed by atoms with Crippen LogP contribution in [-0.2, 0) is 6.54 Å². The van der Waals surface area contributed by atoms with Gasteiger partial charge in [-0.1, -0.05) is 6.07 Å². The summed E-state index contributed by atoms with van der Waals surface area (Å²) in [5.41, 5.74) is 1.65.